The van der Waals surface area contributed by atoms with Gasteiger partial charge in [0, 0.05) is 18.2 Å². The van der Waals surface area contributed by atoms with Gasteiger partial charge in [-0.05, 0) is 38.4 Å². The van der Waals surface area contributed by atoms with Gasteiger partial charge < -0.3 is 10.1 Å². The van der Waals surface area contributed by atoms with Gasteiger partial charge in [0.05, 0.1) is 5.60 Å². The van der Waals surface area contributed by atoms with E-state index in [1.807, 2.05) is 25.2 Å². The molecule has 0 amide bonds. The summed E-state index contributed by atoms with van der Waals surface area (Å²) in [5, 5.41) is 4.16. The van der Waals surface area contributed by atoms with E-state index >= 15 is 0 Å². The van der Waals surface area contributed by atoms with E-state index in [-0.39, 0.29) is 11.6 Å². The molecule has 0 saturated carbocycles. The Hall–Kier alpha value is -0.570. The van der Waals surface area contributed by atoms with Crippen molar-refractivity contribution in [2.75, 3.05) is 14.2 Å². The zero-order valence-electron chi connectivity index (χ0n) is 11.1. The van der Waals surface area contributed by atoms with Gasteiger partial charge in [-0.3, -0.25) is 0 Å². The number of ether oxygens (including phenoxy) is 1. The zero-order valence-corrected chi connectivity index (χ0v) is 11.8. The molecule has 2 nitrogen and oxygen atoms in total. The Labute approximate surface area is 109 Å². The molecule has 0 heterocycles. The summed E-state index contributed by atoms with van der Waals surface area (Å²) in [6, 6.07) is 8.22. The van der Waals surface area contributed by atoms with Gasteiger partial charge >= 0.3 is 0 Å². The average molecular weight is 256 g/mol. The fraction of sp³-hybridized carbons (Fsp3) is 0.571. The summed E-state index contributed by atoms with van der Waals surface area (Å²) in [6.07, 6.45) is 1.83. The van der Waals surface area contributed by atoms with Crippen LogP contribution in [0.1, 0.15) is 25.8 Å². The van der Waals surface area contributed by atoms with Gasteiger partial charge in [0.15, 0.2) is 0 Å². The van der Waals surface area contributed by atoms with Gasteiger partial charge in [-0.2, -0.15) is 0 Å². The first-order chi connectivity index (χ1) is 8.07. The van der Waals surface area contributed by atoms with Crippen LogP contribution < -0.4 is 5.32 Å². The van der Waals surface area contributed by atoms with Crippen molar-refractivity contribution in [3.8, 4) is 0 Å². The number of nitrogens with one attached hydrogen (secondary N) is 1. The van der Waals surface area contributed by atoms with E-state index in [0.717, 1.165) is 23.4 Å². The second kappa shape index (κ2) is 6.39. The summed E-state index contributed by atoms with van der Waals surface area (Å²) >= 11 is 6.19. The number of halogens is 1. The maximum Gasteiger partial charge on any atom is 0.0803 e. The van der Waals surface area contributed by atoms with Crippen molar-refractivity contribution >= 4 is 11.6 Å². The van der Waals surface area contributed by atoms with Gasteiger partial charge in [0.2, 0.25) is 0 Å². The van der Waals surface area contributed by atoms with Crippen molar-refractivity contribution in [2.24, 2.45) is 0 Å². The van der Waals surface area contributed by atoms with Gasteiger partial charge in [0.25, 0.3) is 0 Å². The second-order valence-corrected chi connectivity index (χ2v) is 4.91. The first-order valence-electron chi connectivity index (χ1n) is 6.03. The molecule has 1 rings (SSSR count). The minimum Gasteiger partial charge on any atom is -0.377 e. The predicted molar refractivity (Wildman–Crippen MR) is 73.7 cm³/mol. The summed E-state index contributed by atoms with van der Waals surface area (Å²) in [5.74, 6) is 0. The highest BCUT2D eigenvalue weighted by Gasteiger charge is 2.31. The van der Waals surface area contributed by atoms with E-state index < -0.39 is 0 Å². The highest BCUT2D eigenvalue weighted by Crippen LogP contribution is 2.25. The molecule has 1 aromatic carbocycles. The number of likely N-dealkylation sites (N-methyl/N-ethyl adjacent to an activating group) is 1. The molecule has 17 heavy (non-hydrogen) atoms. The zero-order chi connectivity index (χ0) is 12.9. The van der Waals surface area contributed by atoms with Crippen LogP contribution in [-0.4, -0.2) is 25.8 Å². The van der Waals surface area contributed by atoms with Gasteiger partial charge in [0.1, 0.15) is 0 Å². The van der Waals surface area contributed by atoms with E-state index in [2.05, 4.69) is 25.2 Å². The van der Waals surface area contributed by atoms with Crippen molar-refractivity contribution in [2.45, 2.75) is 38.3 Å². The molecule has 0 fully saturated rings. The molecule has 0 aromatic heterocycles. The normalized spacial score (nSPS) is 16.5. The standard InChI is InChI=1S/C14H22ClNO/c1-5-14(2,17-4)13(16-3)10-11-8-6-7-9-12(11)15/h6-9,13,16H,5,10H2,1-4H3. The fourth-order valence-electron chi connectivity index (χ4n) is 2.04. The monoisotopic (exact) mass is 255 g/mol. The first kappa shape index (κ1) is 14.5. The highest BCUT2D eigenvalue weighted by atomic mass is 35.5. The van der Waals surface area contributed by atoms with Crippen LogP contribution in [0.2, 0.25) is 5.02 Å². The molecular formula is C14H22ClNO. The van der Waals surface area contributed by atoms with Crippen LogP contribution in [-0.2, 0) is 11.2 Å². The quantitative estimate of drug-likeness (QED) is 0.842. The molecule has 0 radical (unpaired) electrons. The van der Waals surface area contributed by atoms with Crippen molar-refractivity contribution < 1.29 is 4.74 Å². The lowest BCUT2D eigenvalue weighted by molar-refractivity contribution is -0.0268. The maximum atomic E-state index is 6.19. The van der Waals surface area contributed by atoms with Crippen LogP contribution in [0.15, 0.2) is 24.3 Å². The third kappa shape index (κ3) is 3.44. The van der Waals surface area contributed by atoms with E-state index in [9.17, 15) is 0 Å². The molecule has 0 aliphatic carbocycles. The third-order valence-electron chi connectivity index (χ3n) is 3.64. The number of methoxy groups -OCH3 is 1. The van der Waals surface area contributed by atoms with Crippen molar-refractivity contribution in [3.05, 3.63) is 34.9 Å². The highest BCUT2D eigenvalue weighted by molar-refractivity contribution is 6.31. The van der Waals surface area contributed by atoms with Crippen LogP contribution in [0, 0.1) is 0 Å². The van der Waals surface area contributed by atoms with Gasteiger partial charge in [-0.1, -0.05) is 36.7 Å². The van der Waals surface area contributed by atoms with Gasteiger partial charge in [-0.15, -0.1) is 0 Å². The summed E-state index contributed by atoms with van der Waals surface area (Å²) in [5.41, 5.74) is 0.985. The van der Waals surface area contributed by atoms with Crippen LogP contribution in [0.3, 0.4) is 0 Å². The van der Waals surface area contributed by atoms with Crippen molar-refractivity contribution in [3.63, 3.8) is 0 Å². The number of hydrogen-bond acceptors (Lipinski definition) is 2. The van der Waals surface area contributed by atoms with E-state index in [4.69, 9.17) is 16.3 Å². The molecule has 0 aliphatic rings. The lowest BCUT2D eigenvalue weighted by Gasteiger charge is -2.36. The maximum absolute atomic E-state index is 6.19. The molecule has 0 aliphatic heterocycles. The van der Waals surface area contributed by atoms with Crippen LogP contribution in [0.5, 0.6) is 0 Å². The summed E-state index contributed by atoms with van der Waals surface area (Å²) < 4.78 is 5.65. The largest absolute Gasteiger partial charge is 0.377 e. The molecular weight excluding hydrogens is 234 g/mol. The topological polar surface area (TPSA) is 21.3 Å². The Balaban J connectivity index is 2.87. The van der Waals surface area contributed by atoms with Crippen molar-refractivity contribution in [1.29, 1.82) is 0 Å². The first-order valence-corrected chi connectivity index (χ1v) is 6.41. The Morgan fingerprint density at radius 1 is 1.41 bits per heavy atom. The lowest BCUT2D eigenvalue weighted by atomic mass is 9.88. The predicted octanol–water partition coefficient (Wildman–Crippen LogP) is 3.29. The third-order valence-corrected chi connectivity index (χ3v) is 4.00. The Morgan fingerprint density at radius 3 is 2.53 bits per heavy atom. The number of hydrogen-bond donors (Lipinski definition) is 1. The Bertz CT molecular complexity index is 350. The van der Waals surface area contributed by atoms with E-state index in [1.54, 1.807) is 7.11 Å². The Morgan fingerprint density at radius 2 is 2.06 bits per heavy atom. The molecule has 1 aromatic rings. The fourth-order valence-corrected chi connectivity index (χ4v) is 2.25. The second-order valence-electron chi connectivity index (χ2n) is 4.51. The molecule has 0 spiro atoms. The minimum atomic E-state index is -0.173. The number of rotatable bonds is 6. The SMILES string of the molecule is CCC(C)(OC)C(Cc1ccccc1Cl)NC. The van der Waals surface area contributed by atoms with E-state index in [0.29, 0.717) is 0 Å². The molecule has 0 saturated heterocycles. The number of benzene rings is 1. The summed E-state index contributed by atoms with van der Waals surface area (Å²) in [6.45, 7) is 4.27. The van der Waals surface area contributed by atoms with Crippen LogP contribution >= 0.6 is 11.6 Å². The molecule has 0 bridgehead atoms. The van der Waals surface area contributed by atoms with Crippen molar-refractivity contribution in [1.82, 2.24) is 5.32 Å². The van der Waals surface area contributed by atoms with Crippen LogP contribution in [0.25, 0.3) is 0 Å². The average Bonchev–Trinajstić information content (AvgIpc) is 2.37. The summed E-state index contributed by atoms with van der Waals surface area (Å²) in [7, 11) is 3.73. The lowest BCUT2D eigenvalue weighted by Crippen LogP contribution is -2.49. The van der Waals surface area contributed by atoms with E-state index in [1.165, 1.54) is 0 Å². The molecule has 2 unspecified atom stereocenters. The van der Waals surface area contributed by atoms with Crippen LogP contribution in [0.4, 0.5) is 0 Å². The minimum absolute atomic E-state index is 0.173. The molecule has 1 N–H and O–H groups in total. The van der Waals surface area contributed by atoms with Gasteiger partial charge in [-0.25, -0.2) is 0 Å². The summed E-state index contributed by atoms with van der Waals surface area (Å²) in [4.78, 5) is 0. The smallest absolute Gasteiger partial charge is 0.0803 e. The molecule has 96 valence electrons. The Kier molecular flexibility index (Phi) is 5.44. The molecule has 2 atom stereocenters. The molecule has 3 heteroatoms.